The van der Waals surface area contributed by atoms with Crippen molar-refractivity contribution in [1.82, 2.24) is 19.5 Å². The Hall–Kier alpha value is -4.55. The maximum absolute atomic E-state index is 10.7. The molecule has 11 nitrogen and oxygen atoms in total. The van der Waals surface area contributed by atoms with Gasteiger partial charge in [-0.3, -0.25) is 4.57 Å². The van der Waals surface area contributed by atoms with Gasteiger partial charge in [0.25, 0.3) is 0 Å². The van der Waals surface area contributed by atoms with Crippen LogP contribution in [0.25, 0.3) is 11.2 Å². The zero-order valence-electron chi connectivity index (χ0n) is 28.7. The van der Waals surface area contributed by atoms with Crippen LogP contribution in [0.4, 0.5) is 5.95 Å². The van der Waals surface area contributed by atoms with Gasteiger partial charge in [0.1, 0.15) is 28.6 Å². The molecule has 2 N–H and O–H groups in total. The zero-order chi connectivity index (χ0) is 34.4. The first kappa shape index (κ1) is 33.0. The van der Waals surface area contributed by atoms with Crippen molar-refractivity contribution in [3.63, 3.8) is 0 Å². The number of benzene rings is 3. The first-order valence-electron chi connectivity index (χ1n) is 16.7. The lowest BCUT2D eigenvalue weighted by molar-refractivity contribution is -0.239. The molecular formula is C38H43N5O6. The zero-order valence-corrected chi connectivity index (χ0v) is 28.7. The van der Waals surface area contributed by atoms with Crippen molar-refractivity contribution < 1.29 is 28.8 Å². The predicted octanol–water partition coefficient (Wildman–Crippen LogP) is 6.22. The van der Waals surface area contributed by atoms with Crippen molar-refractivity contribution in [3.05, 3.63) is 108 Å². The van der Waals surface area contributed by atoms with E-state index in [2.05, 4.69) is 29.6 Å². The molecule has 0 aliphatic carbocycles. The monoisotopic (exact) mass is 665 g/mol. The smallest absolute Gasteiger partial charge is 0.247 e. The third-order valence-corrected chi connectivity index (χ3v) is 9.73. The molecule has 0 saturated carbocycles. The van der Waals surface area contributed by atoms with Crippen LogP contribution in [0.2, 0.25) is 0 Å². The summed E-state index contributed by atoms with van der Waals surface area (Å²) in [4.78, 5) is 14.8. The van der Waals surface area contributed by atoms with Gasteiger partial charge in [-0.05, 0) is 62.9 Å². The van der Waals surface area contributed by atoms with E-state index < -0.39 is 34.9 Å². The second kappa shape index (κ2) is 12.4. The molecule has 0 radical (unpaired) electrons. The highest BCUT2D eigenvalue weighted by atomic mass is 16.8. The average Bonchev–Trinajstić information content (AvgIpc) is 3.73. The van der Waals surface area contributed by atoms with Crippen molar-refractivity contribution in [3.8, 4) is 11.6 Å². The lowest BCUT2D eigenvalue weighted by Gasteiger charge is -2.37. The Morgan fingerprint density at radius 2 is 1.51 bits per heavy atom. The number of imidazole rings is 1. The SMILES string of the molecule is CCOc1nc(NC(c2ccccc2)(c2ccccc2)c2ccc(OC)cc2)nc2c1ncn2[C@@H]1O[C@@](CC)(CO)[C@H]2OC(C)(C)O[C@]21C. The number of nitrogens with one attached hydrogen (secondary N) is 1. The summed E-state index contributed by atoms with van der Waals surface area (Å²) in [6.07, 6.45) is 0.901. The van der Waals surface area contributed by atoms with Crippen molar-refractivity contribution >= 4 is 17.1 Å². The fraction of sp³-hybridized carbons (Fsp3) is 0.395. The molecule has 0 amide bonds. The van der Waals surface area contributed by atoms with Crippen LogP contribution in [0.3, 0.4) is 0 Å². The van der Waals surface area contributed by atoms with Crippen molar-refractivity contribution in [2.75, 3.05) is 25.6 Å². The standard InChI is InChI=1S/C38H43N5O6/c1-7-37(23-44)32-36(5,49-35(3,4)47-32)33(48-37)43-24-39-29-30(43)40-34(41-31(29)46-8-2)42-38(25-15-11-9-12-16-25,26-17-13-10-14-18-26)27-19-21-28(45-6)22-20-27/h9-22,24,32-33,44H,7-8,23H2,1-6H3,(H,40,41,42)/t32-,33+,36+,37-/m0/s1. The van der Waals surface area contributed by atoms with Crippen molar-refractivity contribution in [2.45, 2.75) is 75.9 Å². The molecule has 2 saturated heterocycles. The number of aliphatic hydroxyl groups excluding tert-OH is 1. The molecule has 0 unspecified atom stereocenters. The molecule has 2 aromatic heterocycles. The van der Waals surface area contributed by atoms with E-state index in [0.29, 0.717) is 36.0 Å². The Morgan fingerprint density at radius 3 is 2.08 bits per heavy atom. The molecule has 3 aromatic carbocycles. The fourth-order valence-corrected chi connectivity index (χ4v) is 7.51. The number of rotatable bonds is 11. The lowest BCUT2D eigenvalue weighted by Crippen LogP contribution is -2.49. The summed E-state index contributed by atoms with van der Waals surface area (Å²) in [6, 6.07) is 28.4. The molecule has 49 heavy (non-hydrogen) atoms. The summed E-state index contributed by atoms with van der Waals surface area (Å²) in [5.41, 5.74) is 0.959. The first-order valence-corrected chi connectivity index (χ1v) is 16.7. The molecule has 2 fully saturated rings. The minimum atomic E-state index is -0.995. The fourth-order valence-electron chi connectivity index (χ4n) is 7.51. The van der Waals surface area contributed by atoms with Gasteiger partial charge in [-0.15, -0.1) is 0 Å². The number of hydrogen-bond donors (Lipinski definition) is 2. The number of anilines is 1. The van der Waals surface area contributed by atoms with Crippen LogP contribution in [0.5, 0.6) is 11.6 Å². The number of methoxy groups -OCH3 is 1. The van der Waals surface area contributed by atoms with E-state index in [1.165, 1.54) is 0 Å². The second-order valence-corrected chi connectivity index (χ2v) is 13.2. The lowest BCUT2D eigenvalue weighted by atomic mass is 9.77. The summed E-state index contributed by atoms with van der Waals surface area (Å²) in [7, 11) is 1.65. The van der Waals surface area contributed by atoms with E-state index in [1.54, 1.807) is 13.4 Å². The largest absolute Gasteiger partial charge is 0.497 e. The maximum Gasteiger partial charge on any atom is 0.247 e. The quantitative estimate of drug-likeness (QED) is 0.157. The van der Waals surface area contributed by atoms with E-state index in [4.69, 9.17) is 38.6 Å². The third kappa shape index (κ3) is 5.32. The number of aliphatic hydroxyl groups is 1. The van der Waals surface area contributed by atoms with E-state index in [-0.39, 0.29) is 6.61 Å². The molecule has 4 heterocycles. The summed E-state index contributed by atoms with van der Waals surface area (Å²) >= 11 is 0. The molecule has 0 bridgehead atoms. The molecule has 2 aliphatic heterocycles. The summed E-state index contributed by atoms with van der Waals surface area (Å²) in [5.74, 6) is 0.490. The summed E-state index contributed by atoms with van der Waals surface area (Å²) in [5, 5.41) is 14.4. The van der Waals surface area contributed by atoms with Crippen LogP contribution in [0, 0.1) is 0 Å². The topological polar surface area (TPSA) is 122 Å². The molecule has 5 aromatic rings. The minimum Gasteiger partial charge on any atom is -0.497 e. The number of nitrogens with zero attached hydrogens (tertiary/aromatic N) is 4. The molecule has 256 valence electrons. The third-order valence-electron chi connectivity index (χ3n) is 9.73. The Bertz CT molecular complexity index is 1870. The molecule has 11 heteroatoms. The van der Waals surface area contributed by atoms with Gasteiger partial charge in [0.2, 0.25) is 11.8 Å². The van der Waals surface area contributed by atoms with E-state index >= 15 is 0 Å². The highest BCUT2D eigenvalue weighted by molar-refractivity contribution is 5.78. The molecule has 2 aliphatic rings. The van der Waals surface area contributed by atoms with Gasteiger partial charge in [0, 0.05) is 0 Å². The molecule has 7 rings (SSSR count). The van der Waals surface area contributed by atoms with Gasteiger partial charge in [-0.25, -0.2) is 4.98 Å². The van der Waals surface area contributed by atoms with Crippen LogP contribution < -0.4 is 14.8 Å². The molecular weight excluding hydrogens is 622 g/mol. The van der Waals surface area contributed by atoms with E-state index in [0.717, 1.165) is 22.4 Å². The van der Waals surface area contributed by atoms with Crippen molar-refractivity contribution in [2.24, 2.45) is 0 Å². The Kier molecular flexibility index (Phi) is 8.35. The van der Waals surface area contributed by atoms with Crippen LogP contribution in [-0.4, -0.2) is 68.0 Å². The molecule has 4 atom stereocenters. The second-order valence-electron chi connectivity index (χ2n) is 13.2. The highest BCUT2D eigenvalue weighted by Gasteiger charge is 2.69. The number of ether oxygens (including phenoxy) is 5. The van der Waals surface area contributed by atoms with Crippen molar-refractivity contribution in [1.29, 1.82) is 0 Å². The van der Waals surface area contributed by atoms with E-state index in [9.17, 15) is 5.11 Å². The van der Waals surface area contributed by atoms with Gasteiger partial charge in [-0.1, -0.05) is 79.7 Å². The van der Waals surface area contributed by atoms with Gasteiger partial charge >= 0.3 is 0 Å². The Morgan fingerprint density at radius 1 is 0.878 bits per heavy atom. The summed E-state index contributed by atoms with van der Waals surface area (Å²) < 4.78 is 33.2. The van der Waals surface area contributed by atoms with Gasteiger partial charge < -0.3 is 34.1 Å². The summed E-state index contributed by atoms with van der Waals surface area (Å²) in [6.45, 7) is 9.72. The first-order chi connectivity index (χ1) is 23.6. The van der Waals surface area contributed by atoms with Gasteiger partial charge in [0.05, 0.1) is 26.7 Å². The average molecular weight is 666 g/mol. The predicted molar refractivity (Wildman–Crippen MR) is 185 cm³/mol. The van der Waals surface area contributed by atoms with Gasteiger partial charge in [-0.2, -0.15) is 9.97 Å². The van der Waals surface area contributed by atoms with Gasteiger partial charge in [0.15, 0.2) is 23.2 Å². The normalized spacial score (nSPS) is 24.6. The van der Waals surface area contributed by atoms with Crippen LogP contribution in [-0.2, 0) is 19.7 Å². The Labute approximate surface area is 286 Å². The maximum atomic E-state index is 10.7. The number of aromatic nitrogens is 4. The molecule has 0 spiro atoms. The van der Waals surface area contributed by atoms with E-state index in [1.807, 2.05) is 99.8 Å². The highest BCUT2D eigenvalue weighted by Crippen LogP contribution is 2.56. The number of fused-ring (bicyclic) bond motifs is 2. The van der Waals surface area contributed by atoms with Crippen LogP contribution >= 0.6 is 0 Å². The minimum absolute atomic E-state index is 0.239. The Balaban J connectivity index is 1.43. The van der Waals surface area contributed by atoms with Crippen LogP contribution in [0.1, 0.15) is 64.0 Å². The van der Waals surface area contributed by atoms with Crippen LogP contribution in [0.15, 0.2) is 91.3 Å². The number of hydrogen-bond acceptors (Lipinski definition) is 10.